The van der Waals surface area contributed by atoms with Crippen LogP contribution in [0.1, 0.15) is 29.8 Å². The summed E-state index contributed by atoms with van der Waals surface area (Å²) in [5.41, 5.74) is 3.10. The van der Waals surface area contributed by atoms with Crippen molar-refractivity contribution in [3.63, 3.8) is 0 Å². The monoisotopic (exact) mass is 239 g/mol. The number of hydrogen-bond acceptors (Lipinski definition) is 4. The zero-order valence-corrected chi connectivity index (χ0v) is 10.9. The maximum absolute atomic E-state index is 4.25. The van der Waals surface area contributed by atoms with Crippen molar-refractivity contribution in [3.8, 4) is 0 Å². The lowest BCUT2D eigenvalue weighted by molar-refractivity contribution is 0.229. The van der Waals surface area contributed by atoms with Crippen LogP contribution in [0.15, 0.2) is 5.51 Å². The smallest absolute Gasteiger partial charge is 0.0798 e. The number of nitrogens with one attached hydrogen (secondary N) is 1. The number of nitrogens with zero attached hydrogens (tertiary/aromatic N) is 2. The summed E-state index contributed by atoms with van der Waals surface area (Å²) in [4.78, 5) is 8.19. The van der Waals surface area contributed by atoms with Gasteiger partial charge in [-0.05, 0) is 32.9 Å². The fourth-order valence-corrected chi connectivity index (χ4v) is 2.86. The number of thiazole rings is 1. The van der Waals surface area contributed by atoms with Gasteiger partial charge in [0.05, 0.1) is 11.2 Å². The molecule has 0 radical (unpaired) electrons. The predicted molar refractivity (Wildman–Crippen MR) is 68.8 cm³/mol. The first kappa shape index (κ1) is 12.0. The van der Waals surface area contributed by atoms with E-state index in [1.165, 1.54) is 49.5 Å². The first-order valence-corrected chi connectivity index (χ1v) is 7.06. The minimum Gasteiger partial charge on any atom is -0.311 e. The molecule has 0 bridgehead atoms. The minimum atomic E-state index is 0.977. The molecular weight excluding hydrogens is 218 g/mol. The van der Waals surface area contributed by atoms with E-state index in [0.717, 1.165) is 13.1 Å². The quantitative estimate of drug-likeness (QED) is 0.797. The minimum absolute atomic E-state index is 0.977. The number of piperidine rings is 1. The third-order valence-corrected chi connectivity index (χ3v) is 4.12. The maximum atomic E-state index is 4.25. The topological polar surface area (TPSA) is 28.2 Å². The van der Waals surface area contributed by atoms with Gasteiger partial charge in [0.15, 0.2) is 0 Å². The molecule has 2 heterocycles. The highest BCUT2D eigenvalue weighted by atomic mass is 32.1. The van der Waals surface area contributed by atoms with Gasteiger partial charge in [0.1, 0.15) is 0 Å². The normalized spacial score (nSPS) is 17.8. The zero-order chi connectivity index (χ0) is 11.2. The summed E-state index contributed by atoms with van der Waals surface area (Å²) < 4.78 is 0. The van der Waals surface area contributed by atoms with E-state index in [4.69, 9.17) is 0 Å². The molecule has 90 valence electrons. The molecule has 1 aromatic heterocycles. The molecule has 0 saturated carbocycles. The molecule has 0 aliphatic carbocycles. The van der Waals surface area contributed by atoms with Crippen LogP contribution in [0, 0.1) is 6.92 Å². The largest absolute Gasteiger partial charge is 0.311 e. The Morgan fingerprint density at radius 1 is 1.38 bits per heavy atom. The van der Waals surface area contributed by atoms with Crippen molar-refractivity contribution in [3.05, 3.63) is 16.1 Å². The fraction of sp³-hybridized carbons (Fsp3) is 0.750. The Balaban J connectivity index is 1.59. The molecule has 16 heavy (non-hydrogen) atoms. The Labute approximate surface area is 102 Å². The Hall–Kier alpha value is -0.450. The number of rotatable bonds is 5. The van der Waals surface area contributed by atoms with Gasteiger partial charge in [0.25, 0.3) is 0 Å². The van der Waals surface area contributed by atoms with Gasteiger partial charge in [0.2, 0.25) is 0 Å². The van der Waals surface area contributed by atoms with Crippen molar-refractivity contribution in [2.75, 3.05) is 26.2 Å². The van der Waals surface area contributed by atoms with E-state index in [1.807, 2.05) is 5.51 Å². The van der Waals surface area contributed by atoms with Crippen molar-refractivity contribution in [1.82, 2.24) is 15.2 Å². The molecule has 0 spiro atoms. The Morgan fingerprint density at radius 2 is 2.19 bits per heavy atom. The van der Waals surface area contributed by atoms with Gasteiger partial charge in [0, 0.05) is 24.5 Å². The summed E-state index contributed by atoms with van der Waals surface area (Å²) in [5.74, 6) is 0. The lowest BCUT2D eigenvalue weighted by Gasteiger charge is -2.26. The molecule has 0 unspecified atom stereocenters. The van der Waals surface area contributed by atoms with Crippen LogP contribution in [-0.2, 0) is 6.54 Å². The van der Waals surface area contributed by atoms with Gasteiger partial charge in [-0.1, -0.05) is 6.42 Å². The predicted octanol–water partition coefficient (Wildman–Crippen LogP) is 2.03. The van der Waals surface area contributed by atoms with Crippen molar-refractivity contribution < 1.29 is 0 Å². The van der Waals surface area contributed by atoms with Gasteiger partial charge in [-0.15, -0.1) is 11.3 Å². The lowest BCUT2D eigenvalue weighted by atomic mass is 10.1. The molecule has 1 saturated heterocycles. The van der Waals surface area contributed by atoms with E-state index < -0.39 is 0 Å². The van der Waals surface area contributed by atoms with E-state index in [2.05, 4.69) is 22.1 Å². The highest BCUT2D eigenvalue weighted by Crippen LogP contribution is 2.11. The second-order valence-electron chi connectivity index (χ2n) is 4.44. The molecule has 1 aliphatic rings. The summed E-state index contributed by atoms with van der Waals surface area (Å²) in [7, 11) is 0. The Morgan fingerprint density at radius 3 is 2.88 bits per heavy atom. The van der Waals surface area contributed by atoms with Crippen LogP contribution in [0.2, 0.25) is 0 Å². The van der Waals surface area contributed by atoms with Gasteiger partial charge in [-0.2, -0.15) is 0 Å². The van der Waals surface area contributed by atoms with Gasteiger partial charge in [-0.3, -0.25) is 0 Å². The molecule has 0 atom stereocenters. The number of hydrogen-bond donors (Lipinski definition) is 1. The molecule has 1 aliphatic heterocycles. The average Bonchev–Trinajstić information content (AvgIpc) is 2.72. The van der Waals surface area contributed by atoms with Crippen LogP contribution in [0.3, 0.4) is 0 Å². The molecule has 0 aromatic carbocycles. The summed E-state index contributed by atoms with van der Waals surface area (Å²) in [6.45, 7) is 7.93. The number of aromatic nitrogens is 1. The maximum Gasteiger partial charge on any atom is 0.0798 e. The Kier molecular flexibility index (Phi) is 4.75. The average molecular weight is 239 g/mol. The second-order valence-corrected chi connectivity index (χ2v) is 5.38. The van der Waals surface area contributed by atoms with E-state index in [0.29, 0.717) is 0 Å². The molecule has 1 fully saturated rings. The third-order valence-electron chi connectivity index (χ3n) is 3.18. The van der Waals surface area contributed by atoms with Crippen LogP contribution >= 0.6 is 11.3 Å². The number of likely N-dealkylation sites (tertiary alicyclic amines) is 1. The van der Waals surface area contributed by atoms with Crippen molar-refractivity contribution in [2.24, 2.45) is 0 Å². The van der Waals surface area contributed by atoms with E-state index in [9.17, 15) is 0 Å². The summed E-state index contributed by atoms with van der Waals surface area (Å²) in [6.07, 6.45) is 4.19. The number of aryl methyl sites for hydroxylation is 1. The Bertz CT molecular complexity index is 305. The first-order chi connectivity index (χ1) is 7.86. The highest BCUT2D eigenvalue weighted by Gasteiger charge is 2.08. The SMILES string of the molecule is Cc1ncsc1CNCCN1CCCCC1. The van der Waals surface area contributed by atoms with Gasteiger partial charge < -0.3 is 10.2 Å². The fourth-order valence-electron chi connectivity index (χ4n) is 2.12. The molecule has 2 rings (SSSR count). The first-order valence-electron chi connectivity index (χ1n) is 6.18. The van der Waals surface area contributed by atoms with Crippen molar-refractivity contribution in [2.45, 2.75) is 32.7 Å². The van der Waals surface area contributed by atoms with E-state index in [-0.39, 0.29) is 0 Å². The standard InChI is InChI=1S/C12H21N3S/c1-11-12(16-10-14-11)9-13-5-8-15-6-3-2-4-7-15/h10,13H,2-9H2,1H3. The van der Waals surface area contributed by atoms with Crippen LogP contribution in [0.5, 0.6) is 0 Å². The lowest BCUT2D eigenvalue weighted by Crippen LogP contribution is -2.35. The van der Waals surface area contributed by atoms with Gasteiger partial charge in [-0.25, -0.2) is 4.98 Å². The highest BCUT2D eigenvalue weighted by molar-refractivity contribution is 7.09. The van der Waals surface area contributed by atoms with E-state index in [1.54, 1.807) is 11.3 Å². The molecule has 0 amide bonds. The molecule has 3 nitrogen and oxygen atoms in total. The zero-order valence-electron chi connectivity index (χ0n) is 10.0. The van der Waals surface area contributed by atoms with Crippen LogP contribution in [0.4, 0.5) is 0 Å². The van der Waals surface area contributed by atoms with E-state index >= 15 is 0 Å². The third kappa shape index (κ3) is 3.54. The van der Waals surface area contributed by atoms with Crippen LogP contribution < -0.4 is 5.32 Å². The van der Waals surface area contributed by atoms with Crippen molar-refractivity contribution >= 4 is 11.3 Å². The molecule has 4 heteroatoms. The van der Waals surface area contributed by atoms with Crippen LogP contribution in [0.25, 0.3) is 0 Å². The molecule has 1 N–H and O–H groups in total. The van der Waals surface area contributed by atoms with Gasteiger partial charge >= 0.3 is 0 Å². The summed E-state index contributed by atoms with van der Waals surface area (Å²) in [5, 5.41) is 3.50. The molecule has 1 aromatic rings. The summed E-state index contributed by atoms with van der Waals surface area (Å²) in [6, 6.07) is 0. The molecular formula is C12H21N3S. The van der Waals surface area contributed by atoms with Crippen molar-refractivity contribution in [1.29, 1.82) is 0 Å². The van der Waals surface area contributed by atoms with Crippen LogP contribution in [-0.4, -0.2) is 36.1 Å². The second kappa shape index (κ2) is 6.33. The summed E-state index contributed by atoms with van der Waals surface area (Å²) >= 11 is 1.75.